The Kier molecular flexibility index (Phi) is 4.68. The molecule has 0 aliphatic rings. The Bertz CT molecular complexity index is 298. The van der Waals surface area contributed by atoms with Crippen molar-refractivity contribution < 1.29 is 9.53 Å². The molecule has 0 heterocycles. The molecule has 1 amide bonds. The second kappa shape index (κ2) is 6.06. The molecule has 1 N–H and O–H groups in total. The summed E-state index contributed by atoms with van der Waals surface area (Å²) in [5.41, 5.74) is 0. The highest BCUT2D eigenvalue weighted by Gasteiger charge is 2.05. The molecule has 0 aromatic heterocycles. The maximum atomic E-state index is 11.3. The molecular formula is C12H17NO2. The summed E-state index contributed by atoms with van der Waals surface area (Å²) < 4.78 is 5.06. The van der Waals surface area contributed by atoms with Gasteiger partial charge >= 0.3 is 6.09 Å². The number of hydrogen-bond donors (Lipinski definition) is 1. The molecular weight excluding hydrogens is 190 g/mol. The zero-order valence-corrected chi connectivity index (χ0v) is 9.19. The summed E-state index contributed by atoms with van der Waals surface area (Å²) in [6.45, 7) is 4.83. The minimum absolute atomic E-state index is 0.387. The predicted octanol–water partition coefficient (Wildman–Crippen LogP) is 2.82. The van der Waals surface area contributed by atoms with E-state index in [0.29, 0.717) is 18.2 Å². The number of ether oxygens (including phenoxy) is 1. The number of hydrogen-bond acceptors (Lipinski definition) is 2. The van der Waals surface area contributed by atoms with Gasteiger partial charge in [-0.05, 0) is 18.1 Å². The van der Waals surface area contributed by atoms with Crippen molar-refractivity contribution in [3.63, 3.8) is 0 Å². The Balaban J connectivity index is 2.31. The summed E-state index contributed by atoms with van der Waals surface area (Å²) in [5, 5.41) is 2.72. The third kappa shape index (κ3) is 4.49. The van der Waals surface area contributed by atoms with Crippen molar-refractivity contribution >= 4 is 6.09 Å². The summed E-state index contributed by atoms with van der Waals surface area (Å²) in [5.74, 6) is 1.05. The first kappa shape index (κ1) is 11.6. The lowest BCUT2D eigenvalue weighted by Crippen LogP contribution is -2.30. The third-order valence-corrected chi connectivity index (χ3v) is 2.25. The van der Waals surface area contributed by atoms with Gasteiger partial charge in [-0.25, -0.2) is 4.79 Å². The van der Waals surface area contributed by atoms with E-state index in [1.54, 1.807) is 12.1 Å². The highest BCUT2D eigenvalue weighted by molar-refractivity contribution is 5.70. The summed E-state index contributed by atoms with van der Waals surface area (Å²) in [7, 11) is 0. The molecule has 3 nitrogen and oxygen atoms in total. The molecule has 1 atom stereocenters. The minimum Gasteiger partial charge on any atom is -0.410 e. The molecule has 0 radical (unpaired) electrons. The van der Waals surface area contributed by atoms with Gasteiger partial charge in [0.25, 0.3) is 0 Å². The topological polar surface area (TPSA) is 38.3 Å². The standard InChI is InChI=1S/C12H17NO2/c1-3-10(2)9-13-12(14)15-11-7-5-4-6-8-11/h4-8,10H,3,9H2,1-2H3,(H,13,14). The average Bonchev–Trinajstić information content (AvgIpc) is 2.27. The van der Waals surface area contributed by atoms with Gasteiger partial charge in [0.2, 0.25) is 0 Å². The molecule has 0 aliphatic heterocycles. The SMILES string of the molecule is CCC(C)CNC(=O)Oc1ccccc1. The summed E-state index contributed by atoms with van der Waals surface area (Å²) in [6.07, 6.45) is 0.660. The van der Waals surface area contributed by atoms with Crippen LogP contribution in [0.15, 0.2) is 30.3 Å². The monoisotopic (exact) mass is 207 g/mol. The second-order valence-corrected chi connectivity index (χ2v) is 3.60. The molecule has 1 rings (SSSR count). The van der Waals surface area contributed by atoms with Gasteiger partial charge in [-0.3, -0.25) is 0 Å². The van der Waals surface area contributed by atoms with Gasteiger partial charge in [-0.1, -0.05) is 38.5 Å². The predicted molar refractivity (Wildman–Crippen MR) is 59.9 cm³/mol. The second-order valence-electron chi connectivity index (χ2n) is 3.60. The maximum Gasteiger partial charge on any atom is 0.412 e. The van der Waals surface area contributed by atoms with Gasteiger partial charge in [-0.15, -0.1) is 0 Å². The van der Waals surface area contributed by atoms with E-state index in [-0.39, 0.29) is 6.09 Å². The van der Waals surface area contributed by atoms with Crippen molar-refractivity contribution in [3.8, 4) is 5.75 Å². The largest absolute Gasteiger partial charge is 0.412 e. The van der Waals surface area contributed by atoms with Gasteiger partial charge in [0.05, 0.1) is 0 Å². The van der Waals surface area contributed by atoms with Gasteiger partial charge in [0.15, 0.2) is 0 Å². The molecule has 0 bridgehead atoms. The van der Waals surface area contributed by atoms with Crippen LogP contribution in [0.1, 0.15) is 20.3 Å². The molecule has 0 fully saturated rings. The van der Waals surface area contributed by atoms with Crippen molar-refractivity contribution in [2.45, 2.75) is 20.3 Å². The molecule has 1 aromatic carbocycles. The molecule has 1 aromatic rings. The van der Waals surface area contributed by atoms with Crippen LogP contribution in [-0.4, -0.2) is 12.6 Å². The Morgan fingerprint density at radius 3 is 2.67 bits per heavy atom. The normalized spacial score (nSPS) is 11.9. The lowest BCUT2D eigenvalue weighted by Gasteiger charge is -2.10. The van der Waals surface area contributed by atoms with Crippen molar-refractivity contribution in [2.24, 2.45) is 5.92 Å². The zero-order chi connectivity index (χ0) is 11.1. The lowest BCUT2D eigenvalue weighted by molar-refractivity contribution is 0.198. The van der Waals surface area contributed by atoms with E-state index < -0.39 is 0 Å². The highest BCUT2D eigenvalue weighted by Crippen LogP contribution is 2.08. The fraction of sp³-hybridized carbons (Fsp3) is 0.417. The van der Waals surface area contributed by atoms with Crippen molar-refractivity contribution in [1.29, 1.82) is 0 Å². The van der Waals surface area contributed by atoms with E-state index in [9.17, 15) is 4.79 Å². The van der Waals surface area contributed by atoms with E-state index in [1.807, 2.05) is 18.2 Å². The Morgan fingerprint density at radius 2 is 2.07 bits per heavy atom. The van der Waals surface area contributed by atoms with Crippen LogP contribution < -0.4 is 10.1 Å². The van der Waals surface area contributed by atoms with Crippen molar-refractivity contribution in [1.82, 2.24) is 5.32 Å². The van der Waals surface area contributed by atoms with E-state index in [1.165, 1.54) is 0 Å². The van der Waals surface area contributed by atoms with Crippen molar-refractivity contribution in [3.05, 3.63) is 30.3 Å². The number of nitrogens with one attached hydrogen (secondary N) is 1. The number of carbonyl (C=O) groups is 1. The van der Waals surface area contributed by atoms with Crippen LogP contribution in [0.5, 0.6) is 5.75 Å². The maximum absolute atomic E-state index is 11.3. The molecule has 1 unspecified atom stereocenters. The quantitative estimate of drug-likeness (QED) is 0.824. The van der Waals surface area contributed by atoms with E-state index in [4.69, 9.17) is 4.74 Å². The van der Waals surface area contributed by atoms with Crippen molar-refractivity contribution in [2.75, 3.05) is 6.54 Å². The Morgan fingerprint density at radius 1 is 1.40 bits per heavy atom. The van der Waals surface area contributed by atoms with Gasteiger partial charge in [0.1, 0.15) is 5.75 Å². The fourth-order valence-corrected chi connectivity index (χ4v) is 1.03. The Labute approximate surface area is 90.4 Å². The Hall–Kier alpha value is -1.51. The van der Waals surface area contributed by atoms with Crippen LogP contribution in [0.3, 0.4) is 0 Å². The number of carbonyl (C=O) groups excluding carboxylic acids is 1. The number of benzene rings is 1. The fourth-order valence-electron chi connectivity index (χ4n) is 1.03. The molecule has 0 aliphatic carbocycles. The smallest absolute Gasteiger partial charge is 0.410 e. The van der Waals surface area contributed by atoms with Crippen LogP contribution in [0.2, 0.25) is 0 Å². The molecule has 0 spiro atoms. The third-order valence-electron chi connectivity index (χ3n) is 2.25. The number of rotatable bonds is 4. The summed E-state index contributed by atoms with van der Waals surface area (Å²) in [6, 6.07) is 9.05. The van der Waals surface area contributed by atoms with Gasteiger partial charge in [-0.2, -0.15) is 0 Å². The minimum atomic E-state index is -0.387. The average molecular weight is 207 g/mol. The van der Waals surface area contributed by atoms with Crippen LogP contribution in [0.25, 0.3) is 0 Å². The summed E-state index contributed by atoms with van der Waals surface area (Å²) >= 11 is 0. The van der Waals surface area contributed by atoms with Gasteiger partial charge < -0.3 is 10.1 Å². The molecule has 3 heteroatoms. The van der Waals surface area contributed by atoms with Gasteiger partial charge in [0, 0.05) is 6.54 Å². The molecule has 15 heavy (non-hydrogen) atoms. The first-order chi connectivity index (χ1) is 7.22. The van der Waals surface area contributed by atoms with Crippen LogP contribution in [0, 0.1) is 5.92 Å². The van der Waals surface area contributed by atoms with Crippen LogP contribution >= 0.6 is 0 Å². The lowest BCUT2D eigenvalue weighted by atomic mass is 10.1. The molecule has 82 valence electrons. The van der Waals surface area contributed by atoms with Crippen LogP contribution in [0.4, 0.5) is 4.79 Å². The zero-order valence-electron chi connectivity index (χ0n) is 9.19. The van der Waals surface area contributed by atoms with E-state index in [0.717, 1.165) is 6.42 Å². The first-order valence-electron chi connectivity index (χ1n) is 5.23. The number of amides is 1. The molecule has 0 saturated carbocycles. The van der Waals surface area contributed by atoms with E-state index >= 15 is 0 Å². The number of para-hydroxylation sites is 1. The molecule has 0 saturated heterocycles. The summed E-state index contributed by atoms with van der Waals surface area (Å²) in [4.78, 5) is 11.3. The first-order valence-corrected chi connectivity index (χ1v) is 5.23. The highest BCUT2D eigenvalue weighted by atomic mass is 16.5. The van der Waals surface area contributed by atoms with Crippen LogP contribution in [-0.2, 0) is 0 Å². The van der Waals surface area contributed by atoms with E-state index in [2.05, 4.69) is 19.2 Å².